The molecule has 1 aromatic carbocycles. The van der Waals surface area contributed by atoms with Gasteiger partial charge in [-0.2, -0.15) is 0 Å². The first-order valence-electron chi connectivity index (χ1n) is 7.64. The van der Waals surface area contributed by atoms with Gasteiger partial charge in [-0.05, 0) is 38.0 Å². The minimum Gasteiger partial charge on any atom is -0.323 e. The summed E-state index contributed by atoms with van der Waals surface area (Å²) in [5.74, 6) is 0.537. The standard InChI is InChI=1S/C16H21N5O/c1-4-11-5-6-13-12(8-11)10(3)18-16(19-13)21-15-17-9(2)7-14(22)20-15/h5-6,8-9,15,17H,4,7H2,1-3H3,(H,20,22)(H,18,19,21). The minimum atomic E-state index is -0.344. The molecular weight excluding hydrogens is 278 g/mol. The molecule has 116 valence electrons. The number of fused-ring (bicyclic) bond motifs is 1. The molecule has 0 saturated carbocycles. The Kier molecular flexibility index (Phi) is 3.94. The van der Waals surface area contributed by atoms with E-state index in [0.717, 1.165) is 23.0 Å². The van der Waals surface area contributed by atoms with Crippen LogP contribution in [0.3, 0.4) is 0 Å². The molecular formula is C16H21N5O. The molecule has 1 saturated heterocycles. The molecule has 1 fully saturated rings. The summed E-state index contributed by atoms with van der Waals surface area (Å²) < 4.78 is 0. The summed E-state index contributed by atoms with van der Waals surface area (Å²) in [4.78, 5) is 20.6. The number of aromatic nitrogens is 2. The molecule has 0 bridgehead atoms. The number of hydrogen-bond acceptors (Lipinski definition) is 5. The molecule has 1 aliphatic rings. The number of rotatable bonds is 3. The van der Waals surface area contributed by atoms with Crippen LogP contribution in [0.2, 0.25) is 0 Å². The maximum absolute atomic E-state index is 11.6. The van der Waals surface area contributed by atoms with E-state index in [1.165, 1.54) is 5.56 Å². The molecule has 2 heterocycles. The summed E-state index contributed by atoms with van der Waals surface area (Å²) in [6.45, 7) is 6.09. The van der Waals surface area contributed by atoms with Crippen LogP contribution in [0.4, 0.5) is 5.95 Å². The molecule has 1 aromatic heterocycles. The van der Waals surface area contributed by atoms with E-state index in [1.807, 2.05) is 19.9 Å². The lowest BCUT2D eigenvalue weighted by molar-refractivity contribution is -0.123. The average molecular weight is 299 g/mol. The van der Waals surface area contributed by atoms with Crippen molar-refractivity contribution in [1.82, 2.24) is 20.6 Å². The first-order valence-corrected chi connectivity index (χ1v) is 7.64. The fourth-order valence-corrected chi connectivity index (χ4v) is 2.70. The SMILES string of the molecule is CCc1ccc2nc(NC3NC(=O)CC(C)N3)nc(C)c2c1. The van der Waals surface area contributed by atoms with Crippen LogP contribution >= 0.6 is 0 Å². The summed E-state index contributed by atoms with van der Waals surface area (Å²) in [5, 5.41) is 10.3. The maximum Gasteiger partial charge on any atom is 0.226 e. The van der Waals surface area contributed by atoms with Crippen LogP contribution in [0.5, 0.6) is 0 Å². The van der Waals surface area contributed by atoms with Gasteiger partial charge in [0.2, 0.25) is 11.9 Å². The van der Waals surface area contributed by atoms with E-state index in [2.05, 4.69) is 45.0 Å². The fourth-order valence-electron chi connectivity index (χ4n) is 2.70. The number of amides is 1. The van der Waals surface area contributed by atoms with Crippen molar-refractivity contribution in [3.05, 3.63) is 29.5 Å². The van der Waals surface area contributed by atoms with Gasteiger partial charge in [-0.15, -0.1) is 0 Å². The first-order chi connectivity index (χ1) is 10.5. The molecule has 3 rings (SSSR count). The predicted molar refractivity (Wildman–Crippen MR) is 86.4 cm³/mol. The molecule has 1 amide bonds. The van der Waals surface area contributed by atoms with Gasteiger partial charge in [0.15, 0.2) is 6.29 Å². The zero-order valence-electron chi connectivity index (χ0n) is 13.1. The summed E-state index contributed by atoms with van der Waals surface area (Å²) >= 11 is 0. The van der Waals surface area contributed by atoms with Gasteiger partial charge in [0.1, 0.15) is 0 Å². The van der Waals surface area contributed by atoms with Crippen LogP contribution in [-0.2, 0) is 11.2 Å². The average Bonchev–Trinajstić information content (AvgIpc) is 2.46. The molecule has 2 aromatic rings. The molecule has 6 nitrogen and oxygen atoms in total. The third-order valence-corrected chi connectivity index (χ3v) is 3.88. The summed E-state index contributed by atoms with van der Waals surface area (Å²) in [7, 11) is 0. The van der Waals surface area contributed by atoms with Gasteiger partial charge in [0.25, 0.3) is 0 Å². The number of anilines is 1. The van der Waals surface area contributed by atoms with Crippen LogP contribution in [-0.4, -0.2) is 28.2 Å². The van der Waals surface area contributed by atoms with Crippen molar-refractivity contribution in [3.63, 3.8) is 0 Å². The van der Waals surface area contributed by atoms with E-state index in [0.29, 0.717) is 12.4 Å². The second kappa shape index (κ2) is 5.88. The Hall–Kier alpha value is -2.21. The topological polar surface area (TPSA) is 78.9 Å². The van der Waals surface area contributed by atoms with Crippen molar-refractivity contribution in [1.29, 1.82) is 0 Å². The van der Waals surface area contributed by atoms with Gasteiger partial charge >= 0.3 is 0 Å². The number of carbonyl (C=O) groups is 1. The summed E-state index contributed by atoms with van der Waals surface area (Å²) in [5.41, 5.74) is 3.11. The largest absolute Gasteiger partial charge is 0.323 e. The van der Waals surface area contributed by atoms with E-state index < -0.39 is 0 Å². The van der Waals surface area contributed by atoms with Crippen molar-refractivity contribution in [3.8, 4) is 0 Å². The van der Waals surface area contributed by atoms with Crippen LogP contribution in [0.15, 0.2) is 18.2 Å². The van der Waals surface area contributed by atoms with Gasteiger partial charge in [0.05, 0.1) is 11.2 Å². The van der Waals surface area contributed by atoms with Crippen LogP contribution in [0.1, 0.15) is 31.5 Å². The molecule has 2 atom stereocenters. The molecule has 22 heavy (non-hydrogen) atoms. The lowest BCUT2D eigenvalue weighted by atomic mass is 10.1. The summed E-state index contributed by atoms with van der Waals surface area (Å²) in [6, 6.07) is 6.36. The number of nitrogens with zero attached hydrogens (tertiary/aromatic N) is 2. The van der Waals surface area contributed by atoms with Crippen molar-refractivity contribution in [2.45, 2.75) is 45.9 Å². The Labute approximate surface area is 129 Å². The highest BCUT2D eigenvalue weighted by Gasteiger charge is 2.23. The van der Waals surface area contributed by atoms with Crippen LogP contribution in [0, 0.1) is 6.92 Å². The Balaban J connectivity index is 1.87. The number of hydrogen-bond donors (Lipinski definition) is 3. The Morgan fingerprint density at radius 1 is 1.36 bits per heavy atom. The maximum atomic E-state index is 11.6. The van der Waals surface area contributed by atoms with Crippen molar-refractivity contribution < 1.29 is 4.79 Å². The molecule has 0 radical (unpaired) electrons. The second-order valence-electron chi connectivity index (χ2n) is 5.75. The normalized spacial score (nSPS) is 21.7. The fraction of sp³-hybridized carbons (Fsp3) is 0.438. The van der Waals surface area contributed by atoms with Gasteiger partial charge < -0.3 is 10.6 Å². The monoisotopic (exact) mass is 299 g/mol. The zero-order valence-corrected chi connectivity index (χ0v) is 13.1. The molecule has 6 heteroatoms. The Morgan fingerprint density at radius 2 is 2.18 bits per heavy atom. The smallest absolute Gasteiger partial charge is 0.226 e. The lowest BCUT2D eigenvalue weighted by Gasteiger charge is -2.30. The number of nitrogens with one attached hydrogen (secondary N) is 3. The van der Waals surface area contributed by atoms with E-state index in [9.17, 15) is 4.79 Å². The first kappa shape index (κ1) is 14.7. The van der Waals surface area contributed by atoms with Gasteiger partial charge in [-0.1, -0.05) is 13.0 Å². The molecule has 3 N–H and O–H groups in total. The van der Waals surface area contributed by atoms with Crippen molar-refractivity contribution in [2.75, 3.05) is 5.32 Å². The highest BCUT2D eigenvalue weighted by Crippen LogP contribution is 2.19. The van der Waals surface area contributed by atoms with E-state index >= 15 is 0 Å². The van der Waals surface area contributed by atoms with Crippen molar-refractivity contribution in [2.24, 2.45) is 0 Å². The van der Waals surface area contributed by atoms with Crippen LogP contribution < -0.4 is 16.0 Å². The predicted octanol–water partition coefficient (Wildman–Crippen LogP) is 1.69. The third kappa shape index (κ3) is 3.01. The van der Waals surface area contributed by atoms with Crippen LogP contribution in [0.25, 0.3) is 10.9 Å². The van der Waals surface area contributed by atoms with Crippen molar-refractivity contribution >= 4 is 22.8 Å². The zero-order chi connectivity index (χ0) is 15.7. The third-order valence-electron chi connectivity index (χ3n) is 3.88. The quantitative estimate of drug-likeness (QED) is 0.804. The van der Waals surface area contributed by atoms with E-state index in [4.69, 9.17) is 0 Å². The van der Waals surface area contributed by atoms with Gasteiger partial charge in [-0.25, -0.2) is 9.97 Å². The van der Waals surface area contributed by atoms with Gasteiger partial charge in [-0.3, -0.25) is 10.1 Å². The Bertz CT molecular complexity index is 715. The van der Waals surface area contributed by atoms with E-state index in [1.54, 1.807) is 0 Å². The molecule has 1 aliphatic heterocycles. The highest BCUT2D eigenvalue weighted by atomic mass is 16.2. The molecule has 0 aliphatic carbocycles. The molecule has 2 unspecified atom stereocenters. The highest BCUT2D eigenvalue weighted by molar-refractivity contribution is 5.82. The molecule has 0 spiro atoms. The summed E-state index contributed by atoms with van der Waals surface area (Å²) in [6.07, 6.45) is 1.13. The minimum absolute atomic E-state index is 0.0221. The lowest BCUT2D eigenvalue weighted by Crippen LogP contribution is -2.59. The van der Waals surface area contributed by atoms with E-state index in [-0.39, 0.29) is 18.2 Å². The number of aryl methyl sites for hydroxylation is 2. The number of carbonyl (C=O) groups excluding carboxylic acids is 1. The van der Waals surface area contributed by atoms with Gasteiger partial charge in [0, 0.05) is 17.8 Å². The Morgan fingerprint density at radius 3 is 2.91 bits per heavy atom. The second-order valence-corrected chi connectivity index (χ2v) is 5.75. The number of benzene rings is 1.